The fraction of sp³-hybridized carbons (Fsp3) is 0.586. The first-order valence-electron chi connectivity index (χ1n) is 12.4. The number of hydrogen-bond acceptors (Lipinski definition) is 4. The highest BCUT2D eigenvalue weighted by Gasteiger charge is 2.17. The minimum absolute atomic E-state index is 0.181. The van der Waals surface area contributed by atoms with Crippen LogP contribution >= 0.6 is 0 Å². The van der Waals surface area contributed by atoms with Crippen LogP contribution in [0.1, 0.15) is 92.2 Å². The van der Waals surface area contributed by atoms with Crippen LogP contribution in [-0.2, 0) is 14.9 Å². The van der Waals surface area contributed by atoms with E-state index in [1.54, 1.807) is 0 Å². The monoisotopic (exact) mass is 458 g/mol. The van der Waals surface area contributed by atoms with Gasteiger partial charge in [-0.25, -0.2) is 0 Å². The van der Waals surface area contributed by atoms with Gasteiger partial charge in [0.05, 0.1) is 0 Å². The van der Waals surface area contributed by atoms with E-state index in [4.69, 9.17) is 18.9 Å². The molecule has 0 aliphatic heterocycles. The molecular formula is C29H46O4. The Hall–Kier alpha value is -2.04. The van der Waals surface area contributed by atoms with Crippen LogP contribution in [0.3, 0.4) is 0 Å². The molecule has 0 aromatic heterocycles. The first-order chi connectivity index (χ1) is 15.7. The third-order valence-electron chi connectivity index (χ3n) is 5.99. The molecule has 0 fully saturated rings. The third kappa shape index (κ3) is 10.6. The molecule has 186 valence electrons. The van der Waals surface area contributed by atoms with Crippen LogP contribution in [0.5, 0.6) is 11.5 Å². The van der Waals surface area contributed by atoms with E-state index in [1.807, 2.05) is 52.0 Å². The summed E-state index contributed by atoms with van der Waals surface area (Å²) in [5.41, 5.74) is 2.93. The van der Waals surface area contributed by atoms with Crippen LogP contribution in [0.15, 0.2) is 48.5 Å². The van der Waals surface area contributed by atoms with Crippen molar-refractivity contribution in [3.05, 3.63) is 59.7 Å². The zero-order valence-electron chi connectivity index (χ0n) is 22.3. The zero-order chi connectivity index (χ0) is 24.9. The van der Waals surface area contributed by atoms with E-state index >= 15 is 0 Å². The summed E-state index contributed by atoms with van der Waals surface area (Å²) in [5.74, 6) is 2.34. The first kappa shape index (κ1) is 29.0. The summed E-state index contributed by atoms with van der Waals surface area (Å²) in [5, 5.41) is 0. The van der Waals surface area contributed by atoms with Crippen molar-refractivity contribution >= 4 is 0 Å². The van der Waals surface area contributed by atoms with Gasteiger partial charge in [0.1, 0.15) is 11.5 Å². The van der Waals surface area contributed by atoms with Gasteiger partial charge in [-0.15, -0.1) is 0 Å². The van der Waals surface area contributed by atoms with Gasteiger partial charge in [0.2, 0.25) is 0 Å². The average molecular weight is 459 g/mol. The highest BCUT2D eigenvalue weighted by molar-refractivity contribution is 5.31. The molecule has 0 amide bonds. The molecule has 0 spiro atoms. The molecule has 0 aliphatic rings. The molecule has 0 saturated heterocycles. The highest BCUT2D eigenvalue weighted by Crippen LogP contribution is 2.28. The Morgan fingerprint density at radius 1 is 0.667 bits per heavy atom. The summed E-state index contributed by atoms with van der Waals surface area (Å²) >= 11 is 0. The molecule has 2 rings (SSSR count). The van der Waals surface area contributed by atoms with Crippen LogP contribution in [0, 0.1) is 0 Å². The van der Waals surface area contributed by atoms with Crippen molar-refractivity contribution in [2.45, 2.75) is 99.1 Å². The molecule has 2 aromatic carbocycles. The maximum absolute atomic E-state index is 5.63. The van der Waals surface area contributed by atoms with E-state index in [0.29, 0.717) is 19.1 Å². The Kier molecular flexibility index (Phi) is 13.2. The van der Waals surface area contributed by atoms with Crippen molar-refractivity contribution in [3.8, 4) is 11.5 Å². The smallest absolute Gasteiger partial charge is 0.196 e. The van der Waals surface area contributed by atoms with Crippen molar-refractivity contribution in [3.63, 3.8) is 0 Å². The quantitative estimate of drug-likeness (QED) is 0.301. The van der Waals surface area contributed by atoms with Gasteiger partial charge in [0.25, 0.3) is 0 Å². The van der Waals surface area contributed by atoms with Crippen LogP contribution in [-0.4, -0.2) is 25.8 Å². The fourth-order valence-electron chi connectivity index (χ4n) is 3.22. The van der Waals surface area contributed by atoms with Crippen molar-refractivity contribution in [1.29, 1.82) is 0 Å². The highest BCUT2D eigenvalue weighted by atomic mass is 16.7. The zero-order valence-corrected chi connectivity index (χ0v) is 22.3. The van der Waals surface area contributed by atoms with E-state index in [0.717, 1.165) is 24.3 Å². The summed E-state index contributed by atoms with van der Waals surface area (Å²) in [6.07, 6.45) is 1.92. The molecule has 33 heavy (non-hydrogen) atoms. The van der Waals surface area contributed by atoms with Crippen LogP contribution in [0.2, 0.25) is 0 Å². The summed E-state index contributed by atoms with van der Waals surface area (Å²) in [7, 11) is 0. The Bertz CT molecular complexity index is 752. The normalized spacial score (nSPS) is 14.0. The van der Waals surface area contributed by atoms with Crippen LogP contribution in [0.25, 0.3) is 0 Å². The lowest BCUT2D eigenvalue weighted by Gasteiger charge is -2.23. The van der Waals surface area contributed by atoms with Crippen molar-refractivity contribution in [1.82, 2.24) is 0 Å². The van der Waals surface area contributed by atoms with E-state index in [1.165, 1.54) is 11.1 Å². The Morgan fingerprint density at radius 3 is 1.45 bits per heavy atom. The molecule has 0 bridgehead atoms. The van der Waals surface area contributed by atoms with Gasteiger partial charge >= 0.3 is 0 Å². The Labute approximate surface area is 202 Å². The van der Waals surface area contributed by atoms with Gasteiger partial charge in [-0.3, -0.25) is 0 Å². The maximum Gasteiger partial charge on any atom is 0.196 e. The summed E-state index contributed by atoms with van der Waals surface area (Å²) in [6, 6.07) is 16.6. The van der Waals surface area contributed by atoms with E-state index < -0.39 is 0 Å². The van der Waals surface area contributed by atoms with E-state index in [-0.39, 0.29) is 18.0 Å². The molecule has 0 aliphatic carbocycles. The van der Waals surface area contributed by atoms with Gasteiger partial charge in [-0.05, 0) is 87.3 Å². The van der Waals surface area contributed by atoms with E-state index in [9.17, 15) is 0 Å². The molecule has 0 saturated carbocycles. The number of ether oxygens (including phenoxy) is 4. The summed E-state index contributed by atoms with van der Waals surface area (Å²) in [4.78, 5) is 0. The third-order valence-corrected chi connectivity index (χ3v) is 5.99. The van der Waals surface area contributed by atoms with Gasteiger partial charge in [-0.1, -0.05) is 58.9 Å². The molecule has 2 aromatic rings. The Morgan fingerprint density at radius 2 is 1.09 bits per heavy atom. The SMILES string of the molecule is CCOC(C)Oc1ccc(C(C)(C)CC)cc1.CCOC(C)Oc1ccc(C(C)CC)cc1. The largest absolute Gasteiger partial charge is 0.465 e. The number of rotatable bonds is 12. The summed E-state index contributed by atoms with van der Waals surface area (Å²) < 4.78 is 21.9. The first-order valence-corrected chi connectivity index (χ1v) is 12.4. The van der Waals surface area contributed by atoms with Gasteiger partial charge in [0.15, 0.2) is 12.6 Å². The molecule has 4 heteroatoms. The molecule has 4 nitrogen and oxygen atoms in total. The standard InChI is InChI=1S/C15H24O2.C14H22O2/c1-6-15(4,5)13-8-10-14(11-9-13)17-12(3)16-7-2;1-5-11(3)13-7-9-14(10-8-13)16-12(4)15-6-2/h8-12H,6-7H2,1-5H3;7-12H,5-6H2,1-4H3. The minimum atomic E-state index is -0.190. The predicted molar refractivity (Wildman–Crippen MR) is 138 cm³/mol. The van der Waals surface area contributed by atoms with Crippen LogP contribution < -0.4 is 9.47 Å². The van der Waals surface area contributed by atoms with E-state index in [2.05, 4.69) is 58.9 Å². The maximum atomic E-state index is 5.63. The van der Waals surface area contributed by atoms with Gasteiger partial charge < -0.3 is 18.9 Å². The fourth-order valence-corrected chi connectivity index (χ4v) is 3.22. The lowest BCUT2D eigenvalue weighted by Crippen LogP contribution is -2.17. The second-order valence-corrected chi connectivity index (χ2v) is 8.92. The molecule has 0 heterocycles. The lowest BCUT2D eigenvalue weighted by atomic mass is 9.82. The molecule has 0 radical (unpaired) electrons. The molecular weight excluding hydrogens is 412 g/mol. The summed E-state index contributed by atoms with van der Waals surface area (Å²) in [6.45, 7) is 20.2. The average Bonchev–Trinajstić information content (AvgIpc) is 2.80. The topological polar surface area (TPSA) is 36.9 Å². The van der Waals surface area contributed by atoms with Crippen molar-refractivity contribution in [2.24, 2.45) is 0 Å². The van der Waals surface area contributed by atoms with Gasteiger partial charge in [-0.2, -0.15) is 0 Å². The molecule has 3 unspecified atom stereocenters. The Balaban J connectivity index is 0.000000331. The second kappa shape index (κ2) is 15.0. The van der Waals surface area contributed by atoms with Gasteiger partial charge in [0, 0.05) is 13.2 Å². The number of benzene rings is 2. The number of hydrogen-bond donors (Lipinski definition) is 0. The van der Waals surface area contributed by atoms with Crippen molar-refractivity contribution in [2.75, 3.05) is 13.2 Å². The lowest BCUT2D eigenvalue weighted by molar-refractivity contribution is -0.0616. The van der Waals surface area contributed by atoms with Crippen molar-refractivity contribution < 1.29 is 18.9 Å². The second-order valence-electron chi connectivity index (χ2n) is 8.92. The molecule has 3 atom stereocenters. The minimum Gasteiger partial charge on any atom is -0.465 e. The predicted octanol–water partition coefficient (Wildman–Crippen LogP) is 8.10. The van der Waals surface area contributed by atoms with Crippen LogP contribution in [0.4, 0.5) is 0 Å². The molecule has 0 N–H and O–H groups in total.